The molecule has 0 radical (unpaired) electrons. The van der Waals surface area contributed by atoms with Crippen molar-refractivity contribution in [2.75, 3.05) is 18.1 Å². The Morgan fingerprint density at radius 2 is 2.42 bits per heavy atom. The van der Waals surface area contributed by atoms with E-state index in [0.717, 1.165) is 24.3 Å². The third-order valence-corrected chi connectivity index (χ3v) is 4.64. The molecule has 0 aromatic heterocycles. The number of aliphatic carboxylic acids is 1. The maximum Gasteiger partial charge on any atom is 0.311 e. The summed E-state index contributed by atoms with van der Waals surface area (Å²) in [5.41, 5.74) is 5.04. The van der Waals surface area contributed by atoms with E-state index in [2.05, 4.69) is 0 Å². The third kappa shape index (κ3) is 0.796. The Bertz CT molecular complexity index is 225. The summed E-state index contributed by atoms with van der Waals surface area (Å²) in [4.78, 5) is 11.0. The number of nitrogens with two attached hydrogens (primary N) is 1. The van der Waals surface area contributed by atoms with Gasteiger partial charge >= 0.3 is 5.97 Å². The quantitative estimate of drug-likeness (QED) is 0.662. The second kappa shape index (κ2) is 2.39. The van der Waals surface area contributed by atoms with Gasteiger partial charge in [0.2, 0.25) is 0 Å². The van der Waals surface area contributed by atoms with Gasteiger partial charge in [0.05, 0.1) is 5.41 Å². The average Bonchev–Trinajstić information content (AvgIpc) is 2.40. The van der Waals surface area contributed by atoms with Gasteiger partial charge in [-0.3, -0.25) is 4.79 Å². The molecule has 2 unspecified atom stereocenters. The van der Waals surface area contributed by atoms with Crippen LogP contribution in [0.5, 0.6) is 0 Å². The predicted octanol–water partition coefficient (Wildman–Crippen LogP) is 0.543. The highest BCUT2D eigenvalue weighted by Crippen LogP contribution is 2.69. The molecule has 1 spiro atoms. The molecular formula is C8H13NO2S. The van der Waals surface area contributed by atoms with Gasteiger partial charge in [0.25, 0.3) is 0 Å². The fourth-order valence-electron chi connectivity index (χ4n) is 2.34. The molecule has 2 rings (SSSR count). The van der Waals surface area contributed by atoms with Crippen molar-refractivity contribution in [3.05, 3.63) is 0 Å². The molecule has 0 aromatic carbocycles. The maximum atomic E-state index is 11.0. The molecule has 1 saturated heterocycles. The Hall–Kier alpha value is -0.220. The van der Waals surface area contributed by atoms with Crippen molar-refractivity contribution < 1.29 is 9.90 Å². The van der Waals surface area contributed by atoms with Gasteiger partial charge in [-0.05, 0) is 24.0 Å². The zero-order valence-electron chi connectivity index (χ0n) is 6.88. The number of hydrogen-bond donors (Lipinski definition) is 2. The number of carboxylic acid groups (broad SMARTS) is 1. The molecule has 2 fully saturated rings. The molecule has 68 valence electrons. The summed E-state index contributed by atoms with van der Waals surface area (Å²) < 4.78 is 0. The minimum absolute atomic E-state index is 0.0677. The monoisotopic (exact) mass is 187 g/mol. The molecule has 0 amide bonds. The molecule has 1 heterocycles. The topological polar surface area (TPSA) is 63.3 Å². The Kier molecular flexibility index (Phi) is 1.67. The van der Waals surface area contributed by atoms with Crippen molar-refractivity contribution in [1.82, 2.24) is 0 Å². The Morgan fingerprint density at radius 3 is 2.75 bits per heavy atom. The van der Waals surface area contributed by atoms with Crippen LogP contribution in [0.15, 0.2) is 0 Å². The Balaban J connectivity index is 2.20. The van der Waals surface area contributed by atoms with Gasteiger partial charge in [0, 0.05) is 12.3 Å². The molecule has 3 N–H and O–H groups in total. The first kappa shape index (κ1) is 8.38. The molecule has 2 aliphatic rings. The summed E-state index contributed by atoms with van der Waals surface area (Å²) in [5.74, 6) is 1.42. The van der Waals surface area contributed by atoms with Crippen LogP contribution in [-0.2, 0) is 4.79 Å². The molecule has 3 nitrogen and oxygen atoms in total. The summed E-state index contributed by atoms with van der Waals surface area (Å²) in [5, 5.41) is 9.04. The highest BCUT2D eigenvalue weighted by Gasteiger charge is 2.71. The largest absolute Gasteiger partial charge is 0.481 e. The van der Waals surface area contributed by atoms with E-state index < -0.39 is 11.4 Å². The first-order valence-electron chi connectivity index (χ1n) is 4.18. The van der Waals surface area contributed by atoms with Crippen LogP contribution in [0, 0.1) is 10.8 Å². The van der Waals surface area contributed by atoms with Crippen LogP contribution in [-0.4, -0.2) is 29.1 Å². The molecule has 2 atom stereocenters. The molecule has 1 aliphatic carbocycles. The zero-order valence-corrected chi connectivity index (χ0v) is 7.69. The van der Waals surface area contributed by atoms with Gasteiger partial charge in [0.1, 0.15) is 0 Å². The summed E-state index contributed by atoms with van der Waals surface area (Å²) in [7, 11) is 0. The fraction of sp³-hybridized carbons (Fsp3) is 0.875. The smallest absolute Gasteiger partial charge is 0.311 e. The van der Waals surface area contributed by atoms with Crippen LogP contribution in [0.3, 0.4) is 0 Å². The first-order chi connectivity index (χ1) is 5.67. The van der Waals surface area contributed by atoms with Crippen LogP contribution >= 0.6 is 11.8 Å². The van der Waals surface area contributed by atoms with E-state index in [9.17, 15) is 4.79 Å². The zero-order chi connectivity index (χ0) is 8.82. The van der Waals surface area contributed by atoms with Gasteiger partial charge in [-0.15, -0.1) is 0 Å². The van der Waals surface area contributed by atoms with E-state index in [0.29, 0.717) is 6.54 Å². The van der Waals surface area contributed by atoms with Crippen molar-refractivity contribution in [1.29, 1.82) is 0 Å². The van der Waals surface area contributed by atoms with Crippen molar-refractivity contribution in [2.45, 2.75) is 12.8 Å². The second-order valence-corrected chi connectivity index (χ2v) is 4.96. The van der Waals surface area contributed by atoms with Crippen LogP contribution < -0.4 is 5.73 Å². The lowest BCUT2D eigenvalue weighted by molar-refractivity contribution is -0.144. The molecule has 1 saturated carbocycles. The molecular weight excluding hydrogens is 174 g/mol. The third-order valence-electron chi connectivity index (χ3n) is 3.39. The van der Waals surface area contributed by atoms with E-state index in [1.807, 2.05) is 11.8 Å². The number of thioether (sulfide) groups is 1. The first-order valence-corrected chi connectivity index (χ1v) is 5.34. The molecule has 4 heteroatoms. The summed E-state index contributed by atoms with van der Waals surface area (Å²) in [6.07, 6.45) is 1.85. The summed E-state index contributed by atoms with van der Waals surface area (Å²) in [6, 6.07) is 0. The lowest BCUT2D eigenvalue weighted by Crippen LogP contribution is -2.31. The van der Waals surface area contributed by atoms with Crippen molar-refractivity contribution in [2.24, 2.45) is 16.6 Å². The number of rotatable bonds is 2. The predicted molar refractivity (Wildman–Crippen MR) is 48.1 cm³/mol. The number of carboxylic acids is 1. The lowest BCUT2D eigenvalue weighted by Gasteiger charge is -2.14. The molecule has 0 aromatic rings. The Morgan fingerprint density at radius 1 is 1.67 bits per heavy atom. The van der Waals surface area contributed by atoms with Gasteiger partial charge in [0.15, 0.2) is 0 Å². The lowest BCUT2D eigenvalue weighted by atomic mass is 9.92. The van der Waals surface area contributed by atoms with Gasteiger partial charge in [-0.25, -0.2) is 0 Å². The summed E-state index contributed by atoms with van der Waals surface area (Å²) >= 11 is 1.86. The number of hydrogen-bond acceptors (Lipinski definition) is 3. The summed E-state index contributed by atoms with van der Waals surface area (Å²) in [6.45, 7) is 0.308. The average molecular weight is 187 g/mol. The van der Waals surface area contributed by atoms with Crippen LogP contribution in [0.4, 0.5) is 0 Å². The highest BCUT2D eigenvalue weighted by atomic mass is 32.2. The van der Waals surface area contributed by atoms with Crippen LogP contribution in [0.25, 0.3) is 0 Å². The van der Waals surface area contributed by atoms with Crippen molar-refractivity contribution in [3.63, 3.8) is 0 Å². The van der Waals surface area contributed by atoms with Crippen LogP contribution in [0.2, 0.25) is 0 Å². The molecule has 0 bridgehead atoms. The van der Waals surface area contributed by atoms with Crippen molar-refractivity contribution >= 4 is 17.7 Å². The maximum absolute atomic E-state index is 11.0. The van der Waals surface area contributed by atoms with E-state index in [4.69, 9.17) is 10.8 Å². The molecule has 12 heavy (non-hydrogen) atoms. The van der Waals surface area contributed by atoms with Crippen molar-refractivity contribution in [3.8, 4) is 0 Å². The van der Waals surface area contributed by atoms with E-state index >= 15 is 0 Å². The van der Waals surface area contributed by atoms with Gasteiger partial charge < -0.3 is 10.8 Å². The minimum Gasteiger partial charge on any atom is -0.481 e. The van der Waals surface area contributed by atoms with E-state index in [1.165, 1.54) is 0 Å². The molecule has 1 aliphatic heterocycles. The normalized spacial score (nSPS) is 45.1. The van der Waals surface area contributed by atoms with E-state index in [-0.39, 0.29) is 5.41 Å². The van der Waals surface area contributed by atoms with Crippen LogP contribution in [0.1, 0.15) is 12.8 Å². The highest BCUT2D eigenvalue weighted by molar-refractivity contribution is 7.99. The Labute approximate surface area is 75.7 Å². The second-order valence-electron chi connectivity index (χ2n) is 3.85. The standard InChI is InChI=1S/C8H13NO2S/c9-4-8(6(10)11)3-7(8)1-2-12-5-7/h1-5,9H2,(H,10,11). The minimum atomic E-state index is -0.688. The van der Waals surface area contributed by atoms with E-state index in [1.54, 1.807) is 0 Å². The SMILES string of the molecule is NCC1(C(=O)O)CC12CCSC2. The van der Waals surface area contributed by atoms with Gasteiger partial charge in [-0.1, -0.05) is 0 Å². The van der Waals surface area contributed by atoms with Gasteiger partial charge in [-0.2, -0.15) is 11.8 Å². The fourth-order valence-corrected chi connectivity index (χ4v) is 3.93. The number of carbonyl (C=O) groups is 1.